The Kier molecular flexibility index (Phi) is 7.00. The molecular weight excluding hydrogens is 448 g/mol. The number of carbonyl (C=O) groups excluding carboxylic acids is 1. The van der Waals surface area contributed by atoms with E-state index in [4.69, 9.17) is 0 Å². The second kappa shape index (κ2) is 9.93. The first-order chi connectivity index (χ1) is 15.9. The number of amides is 1. The molecule has 170 valence electrons. The van der Waals surface area contributed by atoms with Crippen molar-refractivity contribution in [1.82, 2.24) is 14.8 Å². The Labute approximate surface area is 203 Å². The Bertz CT molecular complexity index is 1270. The van der Waals surface area contributed by atoms with Crippen molar-refractivity contribution in [1.29, 1.82) is 0 Å². The summed E-state index contributed by atoms with van der Waals surface area (Å²) >= 11 is 3.14. The average Bonchev–Trinajstić information content (AvgIpc) is 3.34. The normalized spacial score (nSPS) is 11.1. The van der Waals surface area contributed by atoms with Crippen LogP contribution in [0.15, 0.2) is 53.0 Å². The molecule has 5 nitrogen and oxygen atoms in total. The van der Waals surface area contributed by atoms with Gasteiger partial charge in [-0.3, -0.25) is 4.79 Å². The summed E-state index contributed by atoms with van der Waals surface area (Å²) in [6, 6.07) is 14.6. The number of benzene rings is 2. The lowest BCUT2D eigenvalue weighted by molar-refractivity contribution is -0.113. The van der Waals surface area contributed by atoms with E-state index in [1.165, 1.54) is 33.3 Å². The zero-order valence-corrected chi connectivity index (χ0v) is 21.2. The number of nitrogens with zero attached hydrogens (tertiary/aromatic N) is 3. The maximum Gasteiger partial charge on any atom is 0.234 e. The fourth-order valence-electron chi connectivity index (χ4n) is 3.95. The lowest BCUT2D eigenvalue weighted by atomic mass is 10.0. The molecule has 0 aliphatic rings. The molecule has 1 amide bonds. The van der Waals surface area contributed by atoms with Crippen LogP contribution in [0.2, 0.25) is 0 Å². The van der Waals surface area contributed by atoms with Crippen LogP contribution < -0.4 is 5.32 Å². The quantitative estimate of drug-likeness (QED) is 0.303. The molecule has 1 N–H and O–H groups in total. The van der Waals surface area contributed by atoms with Crippen LogP contribution in [0, 0.1) is 27.7 Å². The minimum absolute atomic E-state index is 0.0519. The van der Waals surface area contributed by atoms with Gasteiger partial charge < -0.3 is 9.88 Å². The topological polar surface area (TPSA) is 59.8 Å². The molecular formula is C26H28N4OS2. The molecule has 0 atom stereocenters. The Morgan fingerprint density at radius 2 is 1.70 bits per heavy atom. The molecule has 2 heterocycles. The van der Waals surface area contributed by atoms with Gasteiger partial charge in [-0.25, -0.2) is 0 Å². The second-order valence-corrected chi connectivity index (χ2v) is 10.2. The maximum absolute atomic E-state index is 12.6. The van der Waals surface area contributed by atoms with Gasteiger partial charge in [0.05, 0.1) is 5.75 Å². The van der Waals surface area contributed by atoms with Crippen LogP contribution in [-0.2, 0) is 11.3 Å². The first-order valence-corrected chi connectivity index (χ1v) is 12.8. The van der Waals surface area contributed by atoms with Gasteiger partial charge in [0.2, 0.25) is 5.91 Å². The number of hydrogen-bond acceptors (Lipinski definition) is 5. The van der Waals surface area contributed by atoms with Crippen molar-refractivity contribution < 1.29 is 4.79 Å². The van der Waals surface area contributed by atoms with Gasteiger partial charge in [-0.05, 0) is 63.4 Å². The summed E-state index contributed by atoms with van der Waals surface area (Å²) in [6.07, 6.45) is 0. The Morgan fingerprint density at radius 3 is 2.36 bits per heavy atom. The molecule has 4 aromatic rings. The van der Waals surface area contributed by atoms with Gasteiger partial charge in [0.15, 0.2) is 11.0 Å². The van der Waals surface area contributed by atoms with E-state index in [0.717, 1.165) is 39.9 Å². The van der Waals surface area contributed by atoms with Gasteiger partial charge in [0, 0.05) is 33.6 Å². The lowest BCUT2D eigenvalue weighted by Crippen LogP contribution is -2.15. The van der Waals surface area contributed by atoms with Crippen LogP contribution in [-0.4, -0.2) is 26.4 Å². The maximum atomic E-state index is 12.6. The minimum Gasteiger partial charge on any atom is -0.325 e. The summed E-state index contributed by atoms with van der Waals surface area (Å²) in [5.74, 6) is 1.07. The number of carbonyl (C=O) groups is 1. The van der Waals surface area contributed by atoms with Gasteiger partial charge in [-0.2, -0.15) is 0 Å². The number of hydrogen-bond donors (Lipinski definition) is 1. The monoisotopic (exact) mass is 476 g/mol. The van der Waals surface area contributed by atoms with Crippen molar-refractivity contribution in [3.8, 4) is 22.5 Å². The van der Waals surface area contributed by atoms with E-state index >= 15 is 0 Å². The minimum atomic E-state index is -0.0519. The highest BCUT2D eigenvalue weighted by molar-refractivity contribution is 7.99. The highest BCUT2D eigenvalue weighted by Gasteiger charge is 2.20. The molecule has 0 bridgehead atoms. The van der Waals surface area contributed by atoms with Crippen molar-refractivity contribution in [2.75, 3.05) is 11.1 Å². The Balaban J connectivity index is 1.55. The Hall–Kier alpha value is -2.90. The molecule has 2 aromatic carbocycles. The van der Waals surface area contributed by atoms with E-state index in [-0.39, 0.29) is 11.7 Å². The summed E-state index contributed by atoms with van der Waals surface area (Å²) in [6.45, 7) is 11.1. The summed E-state index contributed by atoms with van der Waals surface area (Å²) in [7, 11) is 0. The third-order valence-corrected chi connectivity index (χ3v) is 7.30. The zero-order valence-electron chi connectivity index (χ0n) is 19.6. The van der Waals surface area contributed by atoms with Gasteiger partial charge in [0.25, 0.3) is 0 Å². The van der Waals surface area contributed by atoms with Crippen molar-refractivity contribution >= 4 is 34.7 Å². The van der Waals surface area contributed by atoms with E-state index in [2.05, 4.69) is 76.6 Å². The Morgan fingerprint density at radius 1 is 1.00 bits per heavy atom. The van der Waals surface area contributed by atoms with Crippen LogP contribution in [0.4, 0.5) is 5.69 Å². The molecule has 0 unspecified atom stereocenters. The predicted molar refractivity (Wildman–Crippen MR) is 139 cm³/mol. The highest BCUT2D eigenvalue weighted by atomic mass is 32.2. The van der Waals surface area contributed by atoms with Crippen molar-refractivity contribution in [2.45, 2.75) is 46.3 Å². The van der Waals surface area contributed by atoms with Crippen molar-refractivity contribution in [2.24, 2.45) is 0 Å². The van der Waals surface area contributed by atoms with Gasteiger partial charge >= 0.3 is 0 Å². The van der Waals surface area contributed by atoms with Crippen molar-refractivity contribution in [3.05, 3.63) is 69.4 Å². The van der Waals surface area contributed by atoms with Crippen LogP contribution in [0.25, 0.3) is 22.5 Å². The number of aryl methyl sites for hydroxylation is 4. The van der Waals surface area contributed by atoms with Crippen molar-refractivity contribution in [3.63, 3.8) is 0 Å². The summed E-state index contributed by atoms with van der Waals surface area (Å²) in [5.41, 5.74) is 7.79. The number of aromatic nitrogens is 3. The number of thioether (sulfide) groups is 1. The number of thiophene rings is 1. The summed E-state index contributed by atoms with van der Waals surface area (Å²) in [4.78, 5) is 13.8. The molecule has 0 saturated carbocycles. The van der Waals surface area contributed by atoms with E-state index < -0.39 is 0 Å². The third kappa shape index (κ3) is 5.20. The van der Waals surface area contributed by atoms with Gasteiger partial charge in [-0.15, -0.1) is 21.5 Å². The van der Waals surface area contributed by atoms with E-state index in [1.54, 1.807) is 11.3 Å². The van der Waals surface area contributed by atoms with Gasteiger partial charge in [0.1, 0.15) is 0 Å². The molecule has 33 heavy (non-hydrogen) atoms. The van der Waals surface area contributed by atoms with Crippen LogP contribution in [0.1, 0.15) is 28.5 Å². The smallest absolute Gasteiger partial charge is 0.234 e. The molecule has 0 fully saturated rings. The molecule has 2 aromatic heterocycles. The standard InChI is InChI=1S/C26H28N4OS2/c1-6-30-25(22-14-32-19(5)24(22)20-9-7-16(2)8-10-20)28-29-26(30)33-15-23(31)27-21-12-17(3)11-18(4)13-21/h7-14H,6,15H2,1-5H3,(H,27,31). The molecule has 0 saturated heterocycles. The number of nitrogens with one attached hydrogen (secondary N) is 1. The highest BCUT2D eigenvalue weighted by Crippen LogP contribution is 2.39. The zero-order chi connectivity index (χ0) is 23.5. The SMILES string of the molecule is CCn1c(SCC(=O)Nc2cc(C)cc(C)c2)nnc1-c1csc(C)c1-c1ccc(C)cc1. The molecule has 0 aliphatic carbocycles. The lowest BCUT2D eigenvalue weighted by Gasteiger charge is -2.10. The third-order valence-electron chi connectivity index (χ3n) is 5.43. The largest absolute Gasteiger partial charge is 0.325 e. The molecule has 0 spiro atoms. The predicted octanol–water partition coefficient (Wildman–Crippen LogP) is 6.66. The number of anilines is 1. The average molecular weight is 477 g/mol. The first kappa shape index (κ1) is 23.3. The van der Waals surface area contributed by atoms with E-state index in [9.17, 15) is 4.79 Å². The summed E-state index contributed by atoms with van der Waals surface area (Å²) < 4.78 is 2.09. The molecule has 0 aliphatic heterocycles. The second-order valence-electron chi connectivity index (χ2n) is 8.21. The summed E-state index contributed by atoms with van der Waals surface area (Å²) in [5, 5.41) is 14.9. The molecule has 0 radical (unpaired) electrons. The molecule has 4 rings (SSSR count). The number of rotatable bonds is 7. The van der Waals surface area contributed by atoms with E-state index in [0.29, 0.717) is 0 Å². The fourth-order valence-corrected chi connectivity index (χ4v) is 5.62. The van der Waals surface area contributed by atoms with E-state index in [1.807, 2.05) is 26.0 Å². The molecule has 7 heteroatoms. The first-order valence-electron chi connectivity index (χ1n) is 11.0. The van der Waals surface area contributed by atoms with Crippen LogP contribution >= 0.6 is 23.1 Å². The van der Waals surface area contributed by atoms with Gasteiger partial charge in [-0.1, -0.05) is 47.7 Å². The fraction of sp³-hybridized carbons (Fsp3) is 0.269. The van der Waals surface area contributed by atoms with Crippen LogP contribution in [0.5, 0.6) is 0 Å². The van der Waals surface area contributed by atoms with Crippen LogP contribution in [0.3, 0.4) is 0 Å².